The molecule has 2 aliphatic heterocycles. The van der Waals surface area contributed by atoms with Gasteiger partial charge in [-0.05, 0) is 60.7 Å². The number of halogens is 2. The average molecular weight is 662 g/mol. The molecule has 4 amide bonds. The second kappa shape index (κ2) is 11.1. The Morgan fingerprint density at radius 1 is 0.936 bits per heavy atom. The summed E-state index contributed by atoms with van der Waals surface area (Å²) in [5.74, 6) is -8.10. The van der Waals surface area contributed by atoms with Crippen LogP contribution in [0.5, 0.6) is 17.2 Å². The van der Waals surface area contributed by atoms with Gasteiger partial charge in [0, 0.05) is 28.6 Å². The van der Waals surface area contributed by atoms with Crippen molar-refractivity contribution < 1.29 is 43.4 Å². The second-order valence-corrected chi connectivity index (χ2v) is 12.6. The highest BCUT2D eigenvalue weighted by molar-refractivity contribution is 6.30. The molecule has 0 spiro atoms. The molecule has 47 heavy (non-hydrogen) atoms. The van der Waals surface area contributed by atoms with Crippen LogP contribution in [0, 0.1) is 29.5 Å². The van der Waals surface area contributed by atoms with Crippen LogP contribution >= 0.6 is 11.6 Å². The molecule has 1 saturated carbocycles. The summed E-state index contributed by atoms with van der Waals surface area (Å²) in [7, 11) is 2.81. The number of phenolic OH excluding ortho intramolecular Hbond substituents is 1. The van der Waals surface area contributed by atoms with E-state index in [-0.39, 0.29) is 46.4 Å². The molecule has 242 valence electrons. The van der Waals surface area contributed by atoms with Crippen molar-refractivity contribution in [3.63, 3.8) is 0 Å². The third kappa shape index (κ3) is 4.35. The smallest absolute Gasteiger partial charge is 0.260 e. The van der Waals surface area contributed by atoms with Crippen LogP contribution in [0.2, 0.25) is 5.02 Å². The molecule has 3 aromatic rings. The maximum atomic E-state index is 15.1. The van der Waals surface area contributed by atoms with Crippen LogP contribution < -0.4 is 14.9 Å². The Balaban J connectivity index is 1.52. The quantitative estimate of drug-likeness (QED) is 0.196. The maximum absolute atomic E-state index is 15.1. The fourth-order valence-electron chi connectivity index (χ4n) is 8.12. The first-order chi connectivity index (χ1) is 22.5. The number of amides is 4. The Kier molecular flexibility index (Phi) is 7.25. The Hall–Kier alpha value is -4.94. The molecule has 2 saturated heterocycles. The van der Waals surface area contributed by atoms with Gasteiger partial charge in [0.2, 0.25) is 0 Å². The minimum absolute atomic E-state index is 0.0373. The number of nitrogens with one attached hydrogen (secondary N) is 1. The Morgan fingerprint density at radius 2 is 1.64 bits per heavy atom. The maximum Gasteiger partial charge on any atom is 0.260 e. The average Bonchev–Trinajstić information content (AvgIpc) is 3.42. The number of anilines is 1. The molecule has 3 N–H and O–H groups in total. The molecule has 7 rings (SSSR count). The van der Waals surface area contributed by atoms with Crippen molar-refractivity contribution in [2.24, 2.45) is 23.7 Å². The molecule has 11 nitrogen and oxygen atoms in total. The number of ether oxygens (including phenoxy) is 2. The first-order valence-electron chi connectivity index (χ1n) is 14.9. The van der Waals surface area contributed by atoms with E-state index in [1.807, 2.05) is 0 Å². The summed E-state index contributed by atoms with van der Waals surface area (Å²) in [5.41, 5.74) is 2.51. The summed E-state index contributed by atoms with van der Waals surface area (Å²) in [5, 5.41) is 23.5. The third-order valence-corrected chi connectivity index (χ3v) is 10.3. The van der Waals surface area contributed by atoms with Gasteiger partial charge in [-0.1, -0.05) is 35.4 Å². The number of imide groups is 2. The van der Waals surface area contributed by atoms with Crippen LogP contribution in [-0.4, -0.2) is 58.2 Å². The number of phenols is 1. The van der Waals surface area contributed by atoms with Crippen molar-refractivity contribution in [2.45, 2.75) is 24.2 Å². The van der Waals surface area contributed by atoms with E-state index >= 15 is 4.79 Å². The fourth-order valence-corrected chi connectivity index (χ4v) is 8.24. The summed E-state index contributed by atoms with van der Waals surface area (Å²) >= 11 is 6.29. The van der Waals surface area contributed by atoms with Crippen molar-refractivity contribution in [3.05, 3.63) is 94.3 Å². The lowest BCUT2D eigenvalue weighted by molar-refractivity contribution is -0.173. The number of carbonyl (C=O) groups excluding carboxylic acids is 4. The zero-order chi connectivity index (χ0) is 33.4. The van der Waals surface area contributed by atoms with Gasteiger partial charge in [0.25, 0.3) is 23.6 Å². The van der Waals surface area contributed by atoms with E-state index in [1.54, 1.807) is 36.4 Å². The number of hydrazine groups is 1. The Bertz CT molecular complexity index is 1870. The number of hydrogen-bond donors (Lipinski definition) is 3. The number of rotatable bonds is 6. The van der Waals surface area contributed by atoms with E-state index in [1.165, 1.54) is 44.6 Å². The van der Waals surface area contributed by atoms with Gasteiger partial charge in [-0.15, -0.1) is 0 Å². The van der Waals surface area contributed by atoms with Gasteiger partial charge in [-0.25, -0.2) is 4.39 Å². The third-order valence-electron chi connectivity index (χ3n) is 10.1. The van der Waals surface area contributed by atoms with E-state index in [9.17, 15) is 29.1 Å². The molecule has 4 aliphatic rings. The first-order valence-corrected chi connectivity index (χ1v) is 15.3. The number of nitrogens with zero attached hydrogens (tertiary/aromatic N) is 2. The lowest BCUT2D eigenvalue weighted by atomic mass is 9.49. The first kappa shape index (κ1) is 30.7. The van der Waals surface area contributed by atoms with Gasteiger partial charge in [-0.2, -0.15) is 10.1 Å². The van der Waals surface area contributed by atoms with Gasteiger partial charge in [0.15, 0.2) is 0 Å². The van der Waals surface area contributed by atoms with E-state index in [0.717, 1.165) is 5.01 Å². The Labute approximate surface area is 273 Å². The predicted molar refractivity (Wildman–Crippen MR) is 164 cm³/mol. The molecule has 6 atom stereocenters. The van der Waals surface area contributed by atoms with E-state index < -0.39 is 64.5 Å². The number of hydrogen-bond acceptors (Lipinski definition) is 9. The lowest BCUT2D eigenvalue weighted by Gasteiger charge is -2.50. The number of fused-ring (bicyclic) bond motifs is 4. The van der Waals surface area contributed by atoms with Crippen LogP contribution in [0.3, 0.4) is 0 Å². The highest BCUT2D eigenvalue weighted by Crippen LogP contribution is 2.66. The molecule has 2 heterocycles. The largest absolute Gasteiger partial charge is 0.507 e. The zero-order valence-corrected chi connectivity index (χ0v) is 25.9. The van der Waals surface area contributed by atoms with E-state index in [2.05, 4.69) is 5.43 Å². The van der Waals surface area contributed by atoms with Crippen molar-refractivity contribution >= 4 is 40.9 Å². The van der Waals surface area contributed by atoms with Crippen molar-refractivity contribution in [1.29, 1.82) is 0 Å². The SMILES string of the molecule is COc1cc(O)c(C2C3=CCC4C(=O)N(O)C(=O)C4C3CC3C(=O)N(Nc4ccc(F)cc4)C(=O)C32c2ccc(Cl)cc2)c(OC)c1. The number of methoxy groups -OCH3 is 2. The summed E-state index contributed by atoms with van der Waals surface area (Å²) < 4.78 is 24.9. The van der Waals surface area contributed by atoms with Crippen molar-refractivity contribution in [1.82, 2.24) is 10.1 Å². The lowest BCUT2D eigenvalue weighted by Crippen LogP contribution is -2.53. The number of carbonyl (C=O) groups is 4. The molecule has 0 radical (unpaired) electrons. The second-order valence-electron chi connectivity index (χ2n) is 12.1. The van der Waals surface area contributed by atoms with Crippen molar-refractivity contribution in [3.8, 4) is 17.2 Å². The van der Waals surface area contributed by atoms with E-state index in [4.69, 9.17) is 21.1 Å². The highest BCUT2D eigenvalue weighted by atomic mass is 35.5. The van der Waals surface area contributed by atoms with E-state index in [0.29, 0.717) is 16.2 Å². The molecule has 13 heteroatoms. The van der Waals surface area contributed by atoms with Gasteiger partial charge in [0.1, 0.15) is 23.1 Å². The summed E-state index contributed by atoms with van der Waals surface area (Å²) in [6.45, 7) is 0. The predicted octanol–water partition coefficient (Wildman–Crippen LogP) is 4.58. The van der Waals surface area contributed by atoms with Gasteiger partial charge >= 0.3 is 0 Å². The summed E-state index contributed by atoms with van der Waals surface area (Å²) in [4.78, 5) is 56.0. The monoisotopic (exact) mass is 661 g/mol. The molecular formula is C34H29ClFN3O8. The summed E-state index contributed by atoms with van der Waals surface area (Å²) in [6.07, 6.45) is 1.81. The number of hydroxylamine groups is 2. The van der Waals surface area contributed by atoms with Gasteiger partial charge in [0.05, 0.1) is 43.1 Å². The molecule has 6 unspecified atom stereocenters. The van der Waals surface area contributed by atoms with Crippen LogP contribution in [0.4, 0.5) is 10.1 Å². The molecule has 0 aromatic heterocycles. The molecule has 3 fully saturated rings. The topological polar surface area (TPSA) is 146 Å². The molecule has 2 aliphatic carbocycles. The number of aromatic hydroxyl groups is 1. The van der Waals surface area contributed by atoms with Crippen LogP contribution in [0.15, 0.2) is 72.3 Å². The molecule has 3 aromatic carbocycles. The highest BCUT2D eigenvalue weighted by Gasteiger charge is 2.71. The summed E-state index contributed by atoms with van der Waals surface area (Å²) in [6, 6.07) is 14.5. The fraction of sp³-hybridized carbons (Fsp3) is 0.294. The zero-order valence-electron chi connectivity index (χ0n) is 25.1. The minimum atomic E-state index is -1.73. The standard InChI is InChI=1S/C34H29ClFN3O8/c1-46-20-13-25(40)28(26(14-20)47-2)29-21-11-12-22-27(32(43)39(45)30(22)41)23(21)15-24-31(42)38(37-19-9-7-18(36)8-10-19)33(44)34(24,29)16-3-5-17(35)6-4-16/h3-11,13-14,22-24,27,29,37,40,45H,12,15H2,1-2H3. The Morgan fingerprint density at radius 3 is 2.30 bits per heavy atom. The number of allylic oxidation sites excluding steroid dienone is 2. The minimum Gasteiger partial charge on any atom is -0.507 e. The van der Waals surface area contributed by atoms with Crippen LogP contribution in [-0.2, 0) is 24.6 Å². The molecular weight excluding hydrogens is 633 g/mol. The van der Waals surface area contributed by atoms with Crippen LogP contribution in [0.25, 0.3) is 0 Å². The molecule has 0 bridgehead atoms. The van der Waals surface area contributed by atoms with Gasteiger partial charge < -0.3 is 14.6 Å². The number of benzene rings is 3. The normalized spacial score (nSPS) is 28.1. The van der Waals surface area contributed by atoms with Crippen molar-refractivity contribution in [2.75, 3.05) is 19.6 Å². The van der Waals surface area contributed by atoms with Crippen LogP contribution in [0.1, 0.15) is 29.9 Å². The van der Waals surface area contributed by atoms with Gasteiger partial charge in [-0.3, -0.25) is 29.8 Å².